The minimum absolute atomic E-state index is 0.0424. The van der Waals surface area contributed by atoms with E-state index in [-0.39, 0.29) is 11.4 Å². The number of aliphatic hydroxyl groups is 1. The van der Waals surface area contributed by atoms with Crippen molar-refractivity contribution in [2.45, 2.75) is 26.9 Å². The van der Waals surface area contributed by atoms with Gasteiger partial charge in [0.05, 0.1) is 17.0 Å². The van der Waals surface area contributed by atoms with Crippen molar-refractivity contribution >= 4 is 30.0 Å². The number of halogens is 5. The van der Waals surface area contributed by atoms with Gasteiger partial charge < -0.3 is 5.11 Å². The van der Waals surface area contributed by atoms with E-state index in [0.717, 1.165) is 6.07 Å². The summed E-state index contributed by atoms with van der Waals surface area (Å²) in [5.74, 6) is 0.0424. The second-order valence-corrected chi connectivity index (χ2v) is 6.57. The first kappa shape index (κ1) is 20.5. The molecule has 0 bridgehead atoms. The molecule has 0 radical (unpaired) electrons. The number of rotatable bonds is 2. The minimum atomic E-state index is -4.44. The SMILES string of the molecule is CC(=Nc1ccccc1C(F)(F)F)/C(C)=C(/C)O.[Cl][Ti][Cl]. The first-order valence-electron chi connectivity index (χ1n) is 5.69. The Labute approximate surface area is 138 Å². The van der Waals surface area contributed by atoms with Crippen LogP contribution in [0.4, 0.5) is 18.9 Å². The van der Waals surface area contributed by atoms with E-state index in [0.29, 0.717) is 11.3 Å². The molecule has 0 unspecified atom stereocenters. The van der Waals surface area contributed by atoms with Crippen LogP contribution in [0.1, 0.15) is 26.3 Å². The maximum atomic E-state index is 12.7. The number of para-hydroxylation sites is 1. The second-order valence-electron chi connectivity index (χ2n) is 3.99. The average molecular weight is 376 g/mol. The Morgan fingerprint density at radius 2 is 1.62 bits per heavy atom. The van der Waals surface area contributed by atoms with Crippen LogP contribution in [0.15, 0.2) is 40.6 Å². The van der Waals surface area contributed by atoms with Gasteiger partial charge in [0.15, 0.2) is 0 Å². The molecule has 8 heteroatoms. The third-order valence-corrected chi connectivity index (χ3v) is 2.58. The van der Waals surface area contributed by atoms with Crippen LogP contribution < -0.4 is 0 Å². The van der Waals surface area contributed by atoms with Crippen molar-refractivity contribution in [3.05, 3.63) is 41.2 Å². The molecule has 0 fully saturated rings. The molecule has 0 aliphatic heterocycles. The van der Waals surface area contributed by atoms with Gasteiger partial charge in [-0.15, -0.1) is 0 Å². The van der Waals surface area contributed by atoms with Crippen molar-refractivity contribution in [1.82, 2.24) is 0 Å². The monoisotopic (exact) mass is 375 g/mol. The van der Waals surface area contributed by atoms with Gasteiger partial charge in [0.1, 0.15) is 0 Å². The van der Waals surface area contributed by atoms with Crippen molar-refractivity contribution in [1.29, 1.82) is 0 Å². The number of allylic oxidation sites excluding steroid dienone is 2. The fourth-order valence-electron chi connectivity index (χ4n) is 1.34. The van der Waals surface area contributed by atoms with Crippen LogP contribution >= 0.6 is 18.6 Å². The van der Waals surface area contributed by atoms with Gasteiger partial charge in [-0.3, -0.25) is 4.99 Å². The molecule has 0 aromatic heterocycles. The Bertz CT molecular complexity index is 526. The predicted molar refractivity (Wildman–Crippen MR) is 76.9 cm³/mol. The molecule has 1 aromatic rings. The first-order chi connectivity index (χ1) is 9.65. The van der Waals surface area contributed by atoms with Gasteiger partial charge in [-0.2, -0.15) is 13.2 Å². The van der Waals surface area contributed by atoms with Gasteiger partial charge in [0.2, 0.25) is 0 Å². The molecule has 116 valence electrons. The summed E-state index contributed by atoms with van der Waals surface area (Å²) in [6.45, 7) is 4.62. The predicted octanol–water partition coefficient (Wildman–Crippen LogP) is 6.03. The number of aliphatic imine (C=N–C) groups is 1. The second kappa shape index (κ2) is 9.51. The molecule has 0 atom stereocenters. The molecule has 1 N–H and O–H groups in total. The number of nitrogens with zero attached hydrogens (tertiary/aromatic N) is 1. The third-order valence-electron chi connectivity index (χ3n) is 2.58. The average Bonchev–Trinajstić information content (AvgIpc) is 2.38. The quantitative estimate of drug-likeness (QED) is 0.382. The number of hydrogen-bond donors (Lipinski definition) is 1. The van der Waals surface area contributed by atoms with Crippen LogP contribution in [0.2, 0.25) is 0 Å². The number of hydrogen-bond acceptors (Lipinski definition) is 2. The van der Waals surface area contributed by atoms with E-state index in [1.54, 1.807) is 13.8 Å². The summed E-state index contributed by atoms with van der Waals surface area (Å²) in [6, 6.07) is 5.09. The Hall–Kier alpha value is -0.486. The number of benzene rings is 1. The van der Waals surface area contributed by atoms with Crippen molar-refractivity contribution in [2.75, 3.05) is 0 Å². The molecule has 0 spiro atoms. The fourth-order valence-corrected chi connectivity index (χ4v) is 1.34. The van der Waals surface area contributed by atoms with Gasteiger partial charge in [0.25, 0.3) is 0 Å². The van der Waals surface area contributed by atoms with Crippen LogP contribution in [0.3, 0.4) is 0 Å². The molecular formula is C13H14Cl2F3NOTi. The van der Waals surface area contributed by atoms with Crippen LogP contribution in [0.25, 0.3) is 0 Å². The molecule has 0 saturated heterocycles. The summed E-state index contributed by atoms with van der Waals surface area (Å²) in [5.41, 5.74) is -0.116. The fraction of sp³-hybridized carbons (Fsp3) is 0.308. The maximum absolute atomic E-state index is 12.7. The van der Waals surface area contributed by atoms with Crippen LogP contribution in [-0.4, -0.2) is 10.8 Å². The molecule has 0 amide bonds. The summed E-state index contributed by atoms with van der Waals surface area (Å²) < 4.78 is 38.2. The van der Waals surface area contributed by atoms with Gasteiger partial charge in [-0.25, -0.2) is 0 Å². The van der Waals surface area contributed by atoms with Crippen LogP contribution in [0, 0.1) is 0 Å². The van der Waals surface area contributed by atoms with Crippen LogP contribution in [0.5, 0.6) is 0 Å². The van der Waals surface area contributed by atoms with E-state index in [1.165, 1.54) is 25.1 Å². The van der Waals surface area contributed by atoms with Gasteiger partial charge in [-0.1, -0.05) is 12.1 Å². The zero-order chi connectivity index (χ0) is 16.6. The van der Waals surface area contributed by atoms with Gasteiger partial charge in [0, 0.05) is 11.3 Å². The van der Waals surface area contributed by atoms with E-state index in [4.69, 9.17) is 18.6 Å². The van der Waals surface area contributed by atoms with Crippen LogP contribution in [-0.2, 0) is 23.2 Å². The first-order valence-corrected chi connectivity index (χ1v) is 9.99. The van der Waals surface area contributed by atoms with Crippen molar-refractivity contribution in [3.8, 4) is 0 Å². The molecule has 0 heterocycles. The topological polar surface area (TPSA) is 32.6 Å². The third kappa shape index (κ3) is 7.36. The summed E-state index contributed by atoms with van der Waals surface area (Å²) in [5, 5.41) is 9.28. The van der Waals surface area contributed by atoms with Gasteiger partial charge in [-0.05, 0) is 32.9 Å². The Morgan fingerprint density at radius 1 is 1.14 bits per heavy atom. The van der Waals surface area contributed by atoms with E-state index >= 15 is 0 Å². The summed E-state index contributed by atoms with van der Waals surface area (Å²) >= 11 is -0.556. The molecule has 2 nitrogen and oxygen atoms in total. The number of aliphatic hydroxyl groups excluding tert-OH is 1. The molecule has 1 rings (SSSR count). The number of alkyl halides is 3. The molecular weight excluding hydrogens is 362 g/mol. The molecule has 21 heavy (non-hydrogen) atoms. The normalized spacial score (nSPS) is 13.0. The Balaban J connectivity index is 0.00000122. The van der Waals surface area contributed by atoms with Gasteiger partial charge >= 0.3 is 41.8 Å². The zero-order valence-corrected chi connectivity index (χ0v) is 14.7. The van der Waals surface area contributed by atoms with E-state index in [2.05, 4.69) is 4.99 Å². The zero-order valence-electron chi connectivity index (χ0n) is 11.6. The summed E-state index contributed by atoms with van der Waals surface area (Å²) in [6.07, 6.45) is -4.44. The Morgan fingerprint density at radius 3 is 2.05 bits per heavy atom. The molecule has 0 aliphatic rings. The van der Waals surface area contributed by atoms with E-state index < -0.39 is 28.8 Å². The molecule has 0 saturated carbocycles. The standard InChI is InChI=1S/C13H14F3NO.2ClH.Ti/c1-8(10(3)18)9(2)17-12-7-5-4-6-11(12)13(14,15)16;;;/h4-7,18H,1-3H3;2*1H;/q;;;+2/p-2/b10-8-,17-9?;;;. The summed E-state index contributed by atoms with van der Waals surface area (Å²) in [4.78, 5) is 3.93. The van der Waals surface area contributed by atoms with E-state index in [9.17, 15) is 18.3 Å². The summed E-state index contributed by atoms with van der Waals surface area (Å²) in [7, 11) is 9.78. The molecule has 0 aliphatic carbocycles. The Kier molecular flexibility index (Phi) is 9.29. The molecule has 1 aromatic carbocycles. The van der Waals surface area contributed by atoms with Crippen molar-refractivity contribution < 1.29 is 35.3 Å². The van der Waals surface area contributed by atoms with Crippen molar-refractivity contribution in [2.24, 2.45) is 4.99 Å². The van der Waals surface area contributed by atoms with E-state index in [1.807, 2.05) is 0 Å². The van der Waals surface area contributed by atoms with Crippen molar-refractivity contribution in [3.63, 3.8) is 0 Å².